The Morgan fingerprint density at radius 2 is 2.43 bits per heavy atom. The molecule has 0 bridgehead atoms. The van der Waals surface area contributed by atoms with E-state index in [2.05, 4.69) is 9.47 Å². The summed E-state index contributed by atoms with van der Waals surface area (Å²) in [5, 5.41) is 9.97. The number of carbonyl (C=O) groups excluding carboxylic acids is 1. The van der Waals surface area contributed by atoms with Gasteiger partial charge in [-0.15, -0.1) is 0 Å². The molecule has 4 heteroatoms. The van der Waals surface area contributed by atoms with Crippen LogP contribution < -0.4 is 0 Å². The second-order valence-electron chi connectivity index (χ2n) is 1.11. The van der Waals surface area contributed by atoms with Gasteiger partial charge in [-0.25, -0.2) is 4.79 Å². The van der Waals surface area contributed by atoms with E-state index in [4.69, 9.17) is 0 Å². The first-order valence-corrected chi connectivity index (χ1v) is 1.78. The Morgan fingerprint density at radius 3 is 2.57 bits per heavy atom. The van der Waals surface area contributed by atoms with Gasteiger partial charge < -0.3 is 9.47 Å². The van der Waals surface area contributed by atoms with E-state index in [1.807, 2.05) is 0 Å². The molecule has 0 amide bonds. The molecular weight excluding hydrogens is 100 g/mol. The highest BCUT2D eigenvalue weighted by molar-refractivity contribution is 5.61. The van der Waals surface area contributed by atoms with E-state index in [1.165, 1.54) is 0 Å². The average Bonchev–Trinajstić information content (AvgIpc) is 1.87. The van der Waals surface area contributed by atoms with Crippen molar-refractivity contribution in [1.82, 2.24) is 0 Å². The van der Waals surface area contributed by atoms with Crippen molar-refractivity contribution in [2.45, 2.75) is 6.29 Å². The van der Waals surface area contributed by atoms with Crippen LogP contribution in [0.4, 0.5) is 4.79 Å². The van der Waals surface area contributed by atoms with Gasteiger partial charge in [-0.2, -0.15) is 5.11 Å². The molecule has 1 atom stereocenters. The van der Waals surface area contributed by atoms with Crippen LogP contribution in [0.5, 0.6) is 0 Å². The fraction of sp³-hybridized carbons (Fsp3) is 0.667. The van der Waals surface area contributed by atoms with Crippen molar-refractivity contribution < 1.29 is 19.4 Å². The number of rotatable bonds is 0. The maximum atomic E-state index is 9.97. The summed E-state index contributed by atoms with van der Waals surface area (Å²) < 4.78 is 8.04. The van der Waals surface area contributed by atoms with Crippen molar-refractivity contribution in [2.24, 2.45) is 0 Å². The molecule has 1 heterocycles. The summed E-state index contributed by atoms with van der Waals surface area (Å²) in [5.41, 5.74) is 0. The van der Waals surface area contributed by atoms with Gasteiger partial charge in [0.05, 0.1) is 0 Å². The van der Waals surface area contributed by atoms with Gasteiger partial charge in [-0.3, -0.25) is 0 Å². The molecular formula is C3H3O4. The summed E-state index contributed by atoms with van der Waals surface area (Å²) in [6.07, 6.45) is -2.16. The summed E-state index contributed by atoms with van der Waals surface area (Å²) in [7, 11) is 0. The van der Waals surface area contributed by atoms with Gasteiger partial charge in [-0.1, -0.05) is 0 Å². The number of carbonyl (C=O) groups is 1. The molecule has 1 rings (SSSR count). The molecule has 4 nitrogen and oxygen atoms in total. The summed E-state index contributed by atoms with van der Waals surface area (Å²) >= 11 is 0. The number of hydrogen-bond donors (Lipinski definition) is 0. The predicted molar refractivity (Wildman–Crippen MR) is 16.9 cm³/mol. The zero-order chi connectivity index (χ0) is 5.28. The second kappa shape index (κ2) is 1.38. The second-order valence-corrected chi connectivity index (χ2v) is 1.11. The van der Waals surface area contributed by atoms with Gasteiger partial charge in [0.15, 0.2) is 6.61 Å². The maximum Gasteiger partial charge on any atom is 0.511 e. The molecule has 1 saturated heterocycles. The van der Waals surface area contributed by atoms with Crippen LogP contribution in [0.3, 0.4) is 0 Å². The van der Waals surface area contributed by atoms with Crippen LogP contribution in [0.15, 0.2) is 0 Å². The van der Waals surface area contributed by atoms with Crippen LogP contribution >= 0.6 is 0 Å². The standard InChI is InChI=1S/C3H3O4/c4-2-1-6-3(5)7-2/h2H,1H2. The molecule has 0 aromatic rings. The van der Waals surface area contributed by atoms with Gasteiger partial charge >= 0.3 is 6.16 Å². The van der Waals surface area contributed by atoms with Crippen molar-refractivity contribution in [1.29, 1.82) is 0 Å². The van der Waals surface area contributed by atoms with Crippen molar-refractivity contribution in [3.05, 3.63) is 0 Å². The van der Waals surface area contributed by atoms with Gasteiger partial charge in [0, 0.05) is 0 Å². The van der Waals surface area contributed by atoms with Crippen LogP contribution in [0.25, 0.3) is 0 Å². The number of cyclic esters (lactones) is 2. The maximum absolute atomic E-state index is 9.97. The van der Waals surface area contributed by atoms with E-state index in [-0.39, 0.29) is 6.61 Å². The van der Waals surface area contributed by atoms with Crippen molar-refractivity contribution in [3.8, 4) is 0 Å². The Morgan fingerprint density at radius 1 is 1.71 bits per heavy atom. The van der Waals surface area contributed by atoms with Gasteiger partial charge in [0.2, 0.25) is 0 Å². The van der Waals surface area contributed by atoms with E-state index in [0.717, 1.165) is 0 Å². The Labute approximate surface area is 39.6 Å². The number of hydrogen-bond acceptors (Lipinski definition) is 3. The third kappa shape index (κ3) is 0.806. The van der Waals surface area contributed by atoms with Crippen molar-refractivity contribution in [3.63, 3.8) is 0 Å². The van der Waals surface area contributed by atoms with Crippen LogP contribution in [0.1, 0.15) is 0 Å². The Hall–Kier alpha value is -0.770. The third-order valence-electron chi connectivity index (χ3n) is 0.565. The zero-order valence-corrected chi connectivity index (χ0v) is 3.42. The van der Waals surface area contributed by atoms with Crippen molar-refractivity contribution >= 4 is 6.16 Å². The summed E-state index contributed by atoms with van der Waals surface area (Å²) in [4.78, 5) is 9.81. The minimum Gasteiger partial charge on any atom is -0.427 e. The lowest BCUT2D eigenvalue weighted by atomic mass is 10.7. The first-order chi connectivity index (χ1) is 3.29. The van der Waals surface area contributed by atoms with Crippen molar-refractivity contribution in [2.75, 3.05) is 6.61 Å². The van der Waals surface area contributed by atoms with Gasteiger partial charge in [-0.05, 0) is 0 Å². The highest BCUT2D eigenvalue weighted by Crippen LogP contribution is 2.01. The van der Waals surface area contributed by atoms with E-state index in [0.29, 0.717) is 0 Å². The highest BCUT2D eigenvalue weighted by Gasteiger charge is 2.22. The van der Waals surface area contributed by atoms with E-state index in [1.54, 1.807) is 0 Å². The minimum absolute atomic E-state index is 0.154. The molecule has 1 radical (unpaired) electrons. The molecule has 0 saturated carbocycles. The average molecular weight is 103 g/mol. The lowest BCUT2D eigenvalue weighted by molar-refractivity contribution is -0.0672. The molecule has 0 aliphatic carbocycles. The molecule has 39 valence electrons. The fourth-order valence-electron chi connectivity index (χ4n) is 0.311. The Balaban J connectivity index is 2.40. The van der Waals surface area contributed by atoms with Gasteiger partial charge in [0.1, 0.15) is 0 Å². The first-order valence-electron chi connectivity index (χ1n) is 1.78. The monoisotopic (exact) mass is 103 g/mol. The fourth-order valence-corrected chi connectivity index (χ4v) is 0.311. The van der Waals surface area contributed by atoms with Crippen LogP contribution in [0, 0.1) is 0 Å². The molecule has 0 aromatic heterocycles. The molecule has 1 unspecified atom stereocenters. The lowest BCUT2D eigenvalue weighted by Gasteiger charge is -1.85. The Kier molecular flexibility index (Phi) is 0.867. The minimum atomic E-state index is -1.30. The molecule has 0 aromatic carbocycles. The quantitative estimate of drug-likeness (QED) is 0.402. The smallest absolute Gasteiger partial charge is 0.427 e. The molecule has 7 heavy (non-hydrogen) atoms. The molecule has 0 N–H and O–H groups in total. The normalized spacial score (nSPS) is 29.3. The number of ether oxygens (including phenoxy) is 2. The van der Waals surface area contributed by atoms with Gasteiger partial charge in [0.25, 0.3) is 6.29 Å². The van der Waals surface area contributed by atoms with E-state index < -0.39 is 12.4 Å². The Bertz CT molecular complexity index is 88.9. The van der Waals surface area contributed by atoms with E-state index >= 15 is 0 Å². The largest absolute Gasteiger partial charge is 0.511 e. The molecule has 0 spiro atoms. The predicted octanol–water partition coefficient (Wildman–Crippen LogP) is -0.0902. The molecule has 1 aliphatic heterocycles. The third-order valence-corrected chi connectivity index (χ3v) is 0.565. The van der Waals surface area contributed by atoms with Crippen LogP contribution in [-0.4, -0.2) is 19.1 Å². The SMILES string of the molecule is [O]C1COC(=O)O1. The molecule has 1 aliphatic rings. The topological polar surface area (TPSA) is 55.4 Å². The van der Waals surface area contributed by atoms with E-state index in [9.17, 15) is 9.90 Å². The first kappa shape index (κ1) is 4.39. The molecule has 1 fully saturated rings. The van der Waals surface area contributed by atoms with Crippen LogP contribution in [0.2, 0.25) is 0 Å². The summed E-state index contributed by atoms with van der Waals surface area (Å²) in [6.45, 7) is -0.154. The lowest BCUT2D eigenvalue weighted by Crippen LogP contribution is -2.03. The highest BCUT2D eigenvalue weighted by atomic mass is 16.8. The summed E-state index contributed by atoms with van der Waals surface area (Å²) in [5.74, 6) is 0. The summed E-state index contributed by atoms with van der Waals surface area (Å²) in [6, 6.07) is 0. The van der Waals surface area contributed by atoms with Crippen LogP contribution in [-0.2, 0) is 14.6 Å². The zero-order valence-electron chi connectivity index (χ0n) is 3.42.